The number of aryl methyl sites for hydroxylation is 2. The van der Waals surface area contributed by atoms with Crippen LogP contribution in [0.25, 0.3) is 11.0 Å². The molecule has 4 atom stereocenters. The van der Waals surface area contributed by atoms with Crippen molar-refractivity contribution < 1.29 is 10.2 Å². The lowest BCUT2D eigenvalue weighted by molar-refractivity contribution is 0.169. The first kappa shape index (κ1) is 17.0. The van der Waals surface area contributed by atoms with Gasteiger partial charge in [0.2, 0.25) is 0 Å². The normalized spacial score (nSPS) is 29.6. The van der Waals surface area contributed by atoms with Gasteiger partial charge in [0.1, 0.15) is 5.82 Å². The van der Waals surface area contributed by atoms with Gasteiger partial charge in [-0.05, 0) is 61.1 Å². The Hall–Kier alpha value is -1.43. The van der Waals surface area contributed by atoms with Gasteiger partial charge in [0, 0.05) is 39.3 Å². The Bertz CT molecular complexity index is 739. The molecule has 2 heterocycles. The fraction of sp³-hybridized carbons (Fsp3) is 0.650. The molecule has 2 fully saturated rings. The fourth-order valence-electron chi connectivity index (χ4n) is 5.03. The molecule has 136 valence electrons. The molecular weight excluding hydrogens is 314 g/mol. The molecule has 1 saturated carbocycles. The largest absolute Gasteiger partial charge is 0.396 e. The maximum absolute atomic E-state index is 9.63. The van der Waals surface area contributed by atoms with Gasteiger partial charge in [0.05, 0.1) is 11.0 Å². The van der Waals surface area contributed by atoms with E-state index < -0.39 is 0 Å². The van der Waals surface area contributed by atoms with Crippen molar-refractivity contribution in [3.8, 4) is 0 Å². The summed E-state index contributed by atoms with van der Waals surface area (Å²) in [6, 6.07) is 4.26. The van der Waals surface area contributed by atoms with Crippen molar-refractivity contribution in [1.29, 1.82) is 0 Å². The molecule has 3 N–H and O–H groups in total. The molecule has 1 aromatic heterocycles. The summed E-state index contributed by atoms with van der Waals surface area (Å²) in [4.78, 5) is 10.8. The number of aromatic amines is 1. The Morgan fingerprint density at radius 3 is 2.44 bits per heavy atom. The van der Waals surface area contributed by atoms with E-state index in [9.17, 15) is 10.2 Å². The molecule has 1 aliphatic carbocycles. The Morgan fingerprint density at radius 1 is 1.12 bits per heavy atom. The summed E-state index contributed by atoms with van der Waals surface area (Å²) < 4.78 is 0. The molecule has 2 aromatic rings. The molecule has 25 heavy (non-hydrogen) atoms. The van der Waals surface area contributed by atoms with Crippen LogP contribution in [0.15, 0.2) is 12.1 Å². The number of fused-ring (bicyclic) bond motifs is 2. The van der Waals surface area contributed by atoms with Gasteiger partial charge in [-0.25, -0.2) is 4.98 Å². The number of H-pyrrole nitrogens is 1. The second-order valence-electron chi connectivity index (χ2n) is 8.05. The topological polar surface area (TPSA) is 72.4 Å². The lowest BCUT2D eigenvalue weighted by atomic mass is 9.91. The minimum Gasteiger partial charge on any atom is -0.396 e. The second kappa shape index (κ2) is 6.71. The van der Waals surface area contributed by atoms with E-state index in [1.54, 1.807) is 0 Å². The van der Waals surface area contributed by atoms with Gasteiger partial charge < -0.3 is 20.1 Å². The third-order valence-electron chi connectivity index (χ3n) is 6.67. The molecule has 0 unspecified atom stereocenters. The van der Waals surface area contributed by atoms with Gasteiger partial charge in [-0.3, -0.25) is 0 Å². The van der Waals surface area contributed by atoms with Crippen molar-refractivity contribution >= 4 is 11.0 Å². The number of likely N-dealkylation sites (tertiary alicyclic amines) is 1. The van der Waals surface area contributed by atoms with E-state index in [1.165, 1.54) is 11.1 Å². The highest BCUT2D eigenvalue weighted by molar-refractivity contribution is 5.79. The number of aromatic nitrogens is 2. The van der Waals surface area contributed by atoms with Gasteiger partial charge in [-0.1, -0.05) is 6.07 Å². The van der Waals surface area contributed by atoms with Crippen LogP contribution in [0.1, 0.15) is 23.4 Å². The van der Waals surface area contributed by atoms with Crippen molar-refractivity contribution in [2.24, 2.45) is 23.7 Å². The van der Waals surface area contributed by atoms with Gasteiger partial charge in [-0.2, -0.15) is 0 Å². The number of aliphatic hydroxyl groups is 2. The van der Waals surface area contributed by atoms with Crippen LogP contribution >= 0.6 is 0 Å². The summed E-state index contributed by atoms with van der Waals surface area (Å²) in [6.45, 7) is 7.85. The second-order valence-corrected chi connectivity index (χ2v) is 8.05. The van der Waals surface area contributed by atoms with E-state index in [-0.39, 0.29) is 13.2 Å². The molecule has 2 aliphatic rings. The highest BCUT2D eigenvalue weighted by Crippen LogP contribution is 2.45. The lowest BCUT2D eigenvalue weighted by Gasteiger charge is -2.20. The molecule has 0 spiro atoms. The van der Waals surface area contributed by atoms with Crippen LogP contribution in [0.5, 0.6) is 0 Å². The molecule has 4 rings (SSSR count). The quantitative estimate of drug-likeness (QED) is 0.775. The first-order chi connectivity index (χ1) is 12.1. The Labute approximate surface area is 149 Å². The smallest absolute Gasteiger partial charge is 0.108 e. The molecule has 1 aliphatic heterocycles. The first-order valence-corrected chi connectivity index (χ1v) is 9.49. The molecule has 0 amide bonds. The number of imidazole rings is 1. The van der Waals surface area contributed by atoms with Crippen molar-refractivity contribution in [2.75, 3.05) is 32.8 Å². The van der Waals surface area contributed by atoms with Crippen LogP contribution in [0.2, 0.25) is 0 Å². The van der Waals surface area contributed by atoms with E-state index in [2.05, 4.69) is 35.9 Å². The third kappa shape index (κ3) is 2.98. The molecular formula is C20H29N3O2. The number of rotatable bonds is 5. The predicted molar refractivity (Wildman–Crippen MR) is 98.5 cm³/mol. The molecule has 0 bridgehead atoms. The molecule has 5 nitrogen and oxygen atoms in total. The minimum absolute atomic E-state index is 0.258. The average molecular weight is 343 g/mol. The summed E-state index contributed by atoms with van der Waals surface area (Å²) in [6.07, 6.45) is 1.90. The zero-order valence-electron chi connectivity index (χ0n) is 15.2. The number of hydrogen-bond acceptors (Lipinski definition) is 4. The van der Waals surface area contributed by atoms with Crippen LogP contribution in [-0.2, 0) is 6.42 Å². The number of aliphatic hydroxyl groups excluding tert-OH is 2. The van der Waals surface area contributed by atoms with Crippen LogP contribution < -0.4 is 0 Å². The SMILES string of the molecule is Cc1ccc2[nH]c(CCN3C[C@@H]4[C@H](CO)C[C@H](CO)[C@@H]4C3)nc2c1C. The highest BCUT2D eigenvalue weighted by atomic mass is 16.3. The van der Waals surface area contributed by atoms with E-state index in [1.807, 2.05) is 0 Å². The van der Waals surface area contributed by atoms with Crippen molar-refractivity contribution in [3.63, 3.8) is 0 Å². The standard InChI is InChI=1S/C20H29N3O2/c1-12-3-4-18-20(13(12)2)22-19(21-18)5-6-23-8-16-14(10-24)7-15(11-25)17(16)9-23/h3-4,14-17,24-25H,5-11H2,1-2H3,(H,21,22)/t14-,15+,16+,17-. The molecule has 5 heteroatoms. The number of benzene rings is 1. The summed E-state index contributed by atoms with van der Waals surface area (Å²) in [5.41, 5.74) is 4.75. The van der Waals surface area contributed by atoms with Gasteiger partial charge in [0.25, 0.3) is 0 Å². The van der Waals surface area contributed by atoms with Crippen LogP contribution in [0, 0.1) is 37.5 Å². The molecule has 0 radical (unpaired) electrons. The number of nitrogens with zero attached hydrogens (tertiary/aromatic N) is 2. The maximum atomic E-state index is 9.63. The van der Waals surface area contributed by atoms with Crippen LogP contribution in [0.4, 0.5) is 0 Å². The Balaban J connectivity index is 1.42. The van der Waals surface area contributed by atoms with Crippen LogP contribution in [-0.4, -0.2) is 57.9 Å². The number of hydrogen-bond donors (Lipinski definition) is 3. The zero-order chi connectivity index (χ0) is 17.6. The van der Waals surface area contributed by atoms with Crippen molar-refractivity contribution in [1.82, 2.24) is 14.9 Å². The summed E-state index contributed by atoms with van der Waals surface area (Å²) in [5, 5.41) is 19.3. The summed E-state index contributed by atoms with van der Waals surface area (Å²) in [7, 11) is 0. The molecule has 1 aromatic carbocycles. The van der Waals surface area contributed by atoms with E-state index >= 15 is 0 Å². The highest BCUT2D eigenvalue weighted by Gasteiger charge is 2.47. The van der Waals surface area contributed by atoms with Crippen molar-refractivity contribution in [2.45, 2.75) is 26.7 Å². The Kier molecular flexibility index (Phi) is 4.56. The Morgan fingerprint density at radius 2 is 1.80 bits per heavy atom. The molecule has 1 saturated heterocycles. The monoisotopic (exact) mass is 343 g/mol. The van der Waals surface area contributed by atoms with E-state index in [0.29, 0.717) is 23.7 Å². The van der Waals surface area contributed by atoms with E-state index in [4.69, 9.17) is 4.98 Å². The third-order valence-corrected chi connectivity index (χ3v) is 6.67. The number of nitrogens with one attached hydrogen (secondary N) is 1. The van der Waals surface area contributed by atoms with Gasteiger partial charge in [0.15, 0.2) is 0 Å². The summed E-state index contributed by atoms with van der Waals surface area (Å²) in [5.74, 6) is 2.87. The summed E-state index contributed by atoms with van der Waals surface area (Å²) >= 11 is 0. The zero-order valence-corrected chi connectivity index (χ0v) is 15.2. The minimum atomic E-state index is 0.258. The fourth-order valence-corrected chi connectivity index (χ4v) is 5.03. The van der Waals surface area contributed by atoms with Crippen molar-refractivity contribution in [3.05, 3.63) is 29.1 Å². The average Bonchev–Trinajstić information content (AvgIpc) is 3.29. The first-order valence-electron chi connectivity index (χ1n) is 9.49. The maximum Gasteiger partial charge on any atom is 0.108 e. The lowest BCUT2D eigenvalue weighted by Crippen LogP contribution is -2.27. The predicted octanol–water partition coefficient (Wildman–Crippen LogP) is 1.89. The van der Waals surface area contributed by atoms with Crippen LogP contribution in [0.3, 0.4) is 0 Å². The van der Waals surface area contributed by atoms with E-state index in [0.717, 1.165) is 49.3 Å². The van der Waals surface area contributed by atoms with Gasteiger partial charge in [-0.15, -0.1) is 0 Å². The van der Waals surface area contributed by atoms with Gasteiger partial charge >= 0.3 is 0 Å².